The van der Waals surface area contributed by atoms with Gasteiger partial charge in [-0.25, -0.2) is 0 Å². The first kappa shape index (κ1) is 23.5. The highest BCUT2D eigenvalue weighted by Gasteiger charge is 2.30. The largest absolute Gasteiger partial charge is 0.483 e. The predicted molar refractivity (Wildman–Crippen MR) is 116 cm³/mol. The maximum Gasteiger partial charge on any atom is 0.416 e. The van der Waals surface area contributed by atoms with E-state index in [1.807, 2.05) is 0 Å². The Morgan fingerprint density at radius 2 is 1.52 bits per heavy atom. The van der Waals surface area contributed by atoms with E-state index in [0.29, 0.717) is 11.3 Å². The Bertz CT molecular complexity index is 1190. The molecule has 0 aliphatic heterocycles. The van der Waals surface area contributed by atoms with Gasteiger partial charge in [0.15, 0.2) is 12.4 Å². The van der Waals surface area contributed by atoms with Gasteiger partial charge in [0.05, 0.1) is 11.1 Å². The molecule has 0 aliphatic rings. The van der Waals surface area contributed by atoms with E-state index in [1.54, 1.807) is 30.3 Å². The summed E-state index contributed by atoms with van der Waals surface area (Å²) in [7, 11) is 0. The average molecular weight is 456 g/mol. The second-order valence-corrected chi connectivity index (χ2v) is 7.00. The summed E-state index contributed by atoms with van der Waals surface area (Å²) in [6, 6.07) is 16.7. The van der Waals surface area contributed by atoms with Crippen molar-refractivity contribution in [3.05, 3.63) is 89.5 Å². The van der Waals surface area contributed by atoms with Gasteiger partial charge in [0, 0.05) is 16.9 Å². The van der Waals surface area contributed by atoms with Crippen LogP contribution in [0.3, 0.4) is 0 Å². The molecule has 9 heteroatoms. The molecule has 0 saturated carbocycles. The lowest BCUT2D eigenvalue weighted by Crippen LogP contribution is -2.21. The number of hydrogen-bond donors (Lipinski definition) is 2. The number of hydrogen-bond acceptors (Lipinski definition) is 4. The van der Waals surface area contributed by atoms with Crippen LogP contribution >= 0.6 is 0 Å². The number of carbonyl (C=O) groups is 3. The van der Waals surface area contributed by atoms with Crippen LogP contribution in [0, 0.1) is 0 Å². The summed E-state index contributed by atoms with van der Waals surface area (Å²) in [4.78, 5) is 36.3. The Morgan fingerprint density at radius 1 is 0.848 bits per heavy atom. The molecular weight excluding hydrogens is 437 g/mol. The van der Waals surface area contributed by atoms with Crippen LogP contribution in [0.25, 0.3) is 0 Å². The lowest BCUT2D eigenvalue weighted by molar-refractivity contribution is -0.137. The number of carbonyl (C=O) groups excluding carboxylic acids is 3. The topological polar surface area (TPSA) is 84.5 Å². The second kappa shape index (κ2) is 9.99. The third-order valence-corrected chi connectivity index (χ3v) is 4.48. The third kappa shape index (κ3) is 6.42. The van der Waals surface area contributed by atoms with Gasteiger partial charge in [-0.2, -0.15) is 13.2 Å². The zero-order valence-corrected chi connectivity index (χ0v) is 17.4. The number of ether oxygens (including phenoxy) is 1. The summed E-state index contributed by atoms with van der Waals surface area (Å²) in [5.41, 5.74) is -0.124. The number of anilines is 2. The molecular formula is C24H19F3N2O4. The number of Topliss-reactive ketones (excluding diaryl/α,β-unsaturated/α-hetero) is 1. The molecule has 170 valence electrons. The average Bonchev–Trinajstić information content (AvgIpc) is 2.77. The van der Waals surface area contributed by atoms with Gasteiger partial charge >= 0.3 is 6.18 Å². The van der Waals surface area contributed by atoms with Crippen molar-refractivity contribution in [3.63, 3.8) is 0 Å². The molecule has 2 amide bonds. The molecule has 2 N–H and O–H groups in total. The maximum atomic E-state index is 12.9. The summed E-state index contributed by atoms with van der Waals surface area (Å²) in [5, 5.41) is 4.98. The van der Waals surface area contributed by atoms with Crippen molar-refractivity contribution in [2.75, 3.05) is 17.2 Å². The summed E-state index contributed by atoms with van der Waals surface area (Å²) in [6.07, 6.45) is -4.53. The number of halogens is 3. The molecule has 3 aromatic rings. The monoisotopic (exact) mass is 456 g/mol. The van der Waals surface area contributed by atoms with E-state index in [-0.39, 0.29) is 29.4 Å². The van der Waals surface area contributed by atoms with Gasteiger partial charge in [0.25, 0.3) is 11.8 Å². The van der Waals surface area contributed by atoms with Gasteiger partial charge in [-0.1, -0.05) is 24.3 Å². The standard InChI is InChI=1S/C24H19F3N2O4/c1-15(30)20-10-2-3-11-21(20)33-14-22(31)28-18-8-4-6-16(12-18)23(32)29-19-9-5-7-17(13-19)24(25,26)27/h2-13H,14H2,1H3,(H,28,31)(H,29,32). The van der Waals surface area contributed by atoms with Crippen LogP contribution in [0.4, 0.5) is 24.5 Å². The fourth-order valence-electron chi connectivity index (χ4n) is 2.94. The van der Waals surface area contributed by atoms with Crippen LogP contribution in [-0.4, -0.2) is 24.2 Å². The number of amides is 2. The molecule has 0 heterocycles. The molecule has 0 aromatic heterocycles. The summed E-state index contributed by atoms with van der Waals surface area (Å²) >= 11 is 0. The molecule has 6 nitrogen and oxygen atoms in total. The first-order valence-corrected chi connectivity index (χ1v) is 9.75. The fourth-order valence-corrected chi connectivity index (χ4v) is 2.94. The van der Waals surface area contributed by atoms with Crippen LogP contribution in [0.15, 0.2) is 72.8 Å². The molecule has 0 bridgehead atoms. The molecule has 0 unspecified atom stereocenters. The Labute approximate surface area is 187 Å². The lowest BCUT2D eigenvalue weighted by atomic mass is 10.1. The van der Waals surface area contributed by atoms with Gasteiger partial charge in [-0.3, -0.25) is 14.4 Å². The highest BCUT2D eigenvalue weighted by Crippen LogP contribution is 2.30. The Hall–Kier alpha value is -4.14. The van der Waals surface area contributed by atoms with Crippen molar-refractivity contribution in [2.45, 2.75) is 13.1 Å². The molecule has 33 heavy (non-hydrogen) atoms. The van der Waals surface area contributed by atoms with Gasteiger partial charge < -0.3 is 15.4 Å². The lowest BCUT2D eigenvalue weighted by Gasteiger charge is -2.12. The van der Waals surface area contributed by atoms with Crippen LogP contribution in [-0.2, 0) is 11.0 Å². The van der Waals surface area contributed by atoms with Gasteiger partial charge in [-0.15, -0.1) is 0 Å². The minimum atomic E-state index is -4.53. The van der Waals surface area contributed by atoms with Crippen LogP contribution in [0.1, 0.15) is 33.2 Å². The molecule has 0 atom stereocenters. The van der Waals surface area contributed by atoms with Crippen molar-refractivity contribution in [2.24, 2.45) is 0 Å². The predicted octanol–water partition coefficient (Wildman–Crippen LogP) is 5.18. The summed E-state index contributed by atoms with van der Waals surface area (Å²) in [6.45, 7) is 1.02. The van der Waals surface area contributed by atoms with E-state index in [4.69, 9.17) is 4.74 Å². The zero-order chi connectivity index (χ0) is 24.0. The summed E-state index contributed by atoms with van der Waals surface area (Å²) in [5.74, 6) is -1.10. The number of ketones is 1. The van der Waals surface area contributed by atoms with Gasteiger partial charge in [0.2, 0.25) is 0 Å². The number of rotatable bonds is 7. The molecule has 0 spiro atoms. The molecule has 0 fully saturated rings. The molecule has 3 rings (SSSR count). The Morgan fingerprint density at radius 3 is 2.21 bits per heavy atom. The van der Waals surface area contributed by atoms with E-state index in [0.717, 1.165) is 12.1 Å². The quantitative estimate of drug-likeness (QED) is 0.480. The first-order valence-electron chi connectivity index (χ1n) is 9.75. The summed E-state index contributed by atoms with van der Waals surface area (Å²) < 4.78 is 44.0. The minimum Gasteiger partial charge on any atom is -0.483 e. The van der Waals surface area contributed by atoms with E-state index < -0.39 is 23.6 Å². The van der Waals surface area contributed by atoms with Crippen molar-refractivity contribution in [1.29, 1.82) is 0 Å². The van der Waals surface area contributed by atoms with Crippen molar-refractivity contribution >= 4 is 29.0 Å². The van der Waals surface area contributed by atoms with Gasteiger partial charge in [0.1, 0.15) is 5.75 Å². The fraction of sp³-hybridized carbons (Fsp3) is 0.125. The van der Waals surface area contributed by atoms with Crippen molar-refractivity contribution in [1.82, 2.24) is 0 Å². The molecule has 3 aromatic carbocycles. The number of nitrogens with one attached hydrogen (secondary N) is 2. The Balaban J connectivity index is 1.63. The van der Waals surface area contributed by atoms with E-state index in [1.165, 1.54) is 37.3 Å². The van der Waals surface area contributed by atoms with Gasteiger partial charge in [-0.05, 0) is 55.5 Å². The minimum absolute atomic E-state index is 0.0122. The number of para-hydroxylation sites is 1. The first-order chi connectivity index (χ1) is 15.6. The van der Waals surface area contributed by atoms with Crippen LogP contribution < -0.4 is 15.4 Å². The SMILES string of the molecule is CC(=O)c1ccccc1OCC(=O)Nc1cccc(C(=O)Nc2cccc(C(F)(F)F)c2)c1. The maximum absolute atomic E-state index is 12.9. The van der Waals surface area contributed by atoms with Crippen molar-refractivity contribution in [3.8, 4) is 5.75 Å². The molecule has 0 saturated heterocycles. The second-order valence-electron chi connectivity index (χ2n) is 7.00. The highest BCUT2D eigenvalue weighted by atomic mass is 19.4. The number of alkyl halides is 3. The molecule has 0 aliphatic carbocycles. The van der Waals surface area contributed by atoms with E-state index >= 15 is 0 Å². The smallest absolute Gasteiger partial charge is 0.416 e. The number of benzene rings is 3. The van der Waals surface area contributed by atoms with Crippen molar-refractivity contribution < 1.29 is 32.3 Å². The zero-order valence-electron chi connectivity index (χ0n) is 17.4. The van der Waals surface area contributed by atoms with Crippen LogP contribution in [0.2, 0.25) is 0 Å². The molecule has 0 radical (unpaired) electrons. The highest BCUT2D eigenvalue weighted by molar-refractivity contribution is 6.05. The third-order valence-electron chi connectivity index (χ3n) is 4.48. The van der Waals surface area contributed by atoms with E-state index in [2.05, 4.69) is 10.6 Å². The Kier molecular flexibility index (Phi) is 7.12. The van der Waals surface area contributed by atoms with Crippen LogP contribution in [0.5, 0.6) is 5.75 Å². The normalized spacial score (nSPS) is 10.9. The van der Waals surface area contributed by atoms with E-state index in [9.17, 15) is 27.6 Å².